The molecule has 2 atom stereocenters. The quantitative estimate of drug-likeness (QED) is 0.223. The van der Waals surface area contributed by atoms with Gasteiger partial charge < -0.3 is 34.9 Å². The third-order valence-corrected chi connectivity index (χ3v) is 8.04. The van der Waals surface area contributed by atoms with E-state index >= 15 is 0 Å². The van der Waals surface area contributed by atoms with Crippen LogP contribution in [0.4, 0.5) is 5.95 Å². The second kappa shape index (κ2) is 12.9. The Kier molecular flexibility index (Phi) is 9.06. The molecule has 0 saturated carbocycles. The first kappa shape index (κ1) is 29.5. The molecule has 1 amide bonds. The topological polar surface area (TPSA) is 106 Å². The van der Waals surface area contributed by atoms with Crippen molar-refractivity contribution in [3.8, 4) is 11.3 Å². The molecular weight excluding hydrogens is 530 g/mol. The summed E-state index contributed by atoms with van der Waals surface area (Å²) in [4.78, 5) is 24.2. The monoisotopic (exact) mass is 571 g/mol. The molecule has 42 heavy (non-hydrogen) atoms. The molecule has 0 radical (unpaired) electrons. The minimum absolute atomic E-state index is 0.277. The number of benzene rings is 1. The number of ether oxygens (including phenoxy) is 2. The predicted molar refractivity (Wildman–Crippen MR) is 166 cm³/mol. The highest BCUT2D eigenvalue weighted by atomic mass is 16.5. The number of hydrogen-bond donors (Lipinski definition) is 3. The van der Waals surface area contributed by atoms with Crippen LogP contribution in [-0.2, 0) is 27.4 Å². The van der Waals surface area contributed by atoms with Gasteiger partial charge in [0.25, 0.3) is 0 Å². The van der Waals surface area contributed by atoms with Crippen molar-refractivity contribution in [1.82, 2.24) is 30.1 Å². The lowest BCUT2D eigenvalue weighted by Gasteiger charge is -2.40. The molecule has 3 aromatic rings. The van der Waals surface area contributed by atoms with Crippen molar-refractivity contribution >= 4 is 22.8 Å². The third-order valence-electron chi connectivity index (χ3n) is 8.04. The number of carbonyl (C=O) groups is 1. The maximum Gasteiger partial charge on any atom is 0.247 e. The zero-order valence-electron chi connectivity index (χ0n) is 24.9. The number of hydrogen-bond acceptors (Lipinski definition) is 8. The Morgan fingerprint density at radius 2 is 2.14 bits per heavy atom. The summed E-state index contributed by atoms with van der Waals surface area (Å²) in [6.07, 6.45) is 7.09. The van der Waals surface area contributed by atoms with Gasteiger partial charge in [-0.2, -0.15) is 0 Å². The molecule has 10 nitrogen and oxygen atoms in total. The fourth-order valence-corrected chi connectivity index (χ4v) is 5.70. The molecule has 2 unspecified atom stereocenters. The minimum atomic E-state index is -0.751. The Labute approximate surface area is 247 Å². The lowest BCUT2D eigenvalue weighted by atomic mass is 9.88. The maximum absolute atomic E-state index is 12.5. The number of anilines is 1. The molecule has 1 aliphatic heterocycles. The summed E-state index contributed by atoms with van der Waals surface area (Å²) < 4.78 is 14.3. The molecule has 0 spiro atoms. The summed E-state index contributed by atoms with van der Waals surface area (Å²) in [5.41, 5.74) is 5.00. The van der Waals surface area contributed by atoms with E-state index in [-0.39, 0.29) is 11.9 Å². The summed E-state index contributed by atoms with van der Waals surface area (Å²) in [5, 5.41) is 11.0. The number of aromatic nitrogens is 3. The van der Waals surface area contributed by atoms with E-state index in [2.05, 4.69) is 81.2 Å². The largest absolute Gasteiger partial charge is 0.373 e. The SMILES string of the molecule is C=CC(=O)NC1=CC(Nc2nccc(-c3c4n(c5ccccc35)CCOC4)n2)C(C)(OC)C=C1N(CC)CCNCC. The Balaban J connectivity index is 1.50. The van der Waals surface area contributed by atoms with Crippen molar-refractivity contribution in [1.29, 1.82) is 0 Å². The average molecular weight is 572 g/mol. The molecule has 1 aliphatic carbocycles. The molecule has 1 aromatic carbocycles. The summed E-state index contributed by atoms with van der Waals surface area (Å²) in [5.74, 6) is 0.184. The van der Waals surface area contributed by atoms with E-state index in [9.17, 15) is 4.79 Å². The summed E-state index contributed by atoms with van der Waals surface area (Å²) in [6.45, 7) is 15.1. The molecule has 10 heteroatoms. The average Bonchev–Trinajstić information content (AvgIpc) is 3.35. The van der Waals surface area contributed by atoms with E-state index < -0.39 is 5.60 Å². The number of nitrogens with zero attached hydrogens (tertiary/aromatic N) is 4. The number of rotatable bonds is 12. The molecule has 3 N–H and O–H groups in total. The van der Waals surface area contributed by atoms with Gasteiger partial charge in [0.15, 0.2) is 0 Å². The van der Waals surface area contributed by atoms with Crippen molar-refractivity contribution in [3.63, 3.8) is 0 Å². The number of para-hydroxylation sites is 1. The summed E-state index contributed by atoms with van der Waals surface area (Å²) in [6, 6.07) is 9.95. The third kappa shape index (κ3) is 5.83. The number of nitrogens with one attached hydrogen (secondary N) is 3. The van der Waals surface area contributed by atoms with Crippen molar-refractivity contribution in [3.05, 3.63) is 78.4 Å². The molecule has 0 bridgehead atoms. The molecular formula is C32H41N7O3. The number of fused-ring (bicyclic) bond motifs is 3. The minimum Gasteiger partial charge on any atom is -0.373 e. The van der Waals surface area contributed by atoms with E-state index in [1.165, 1.54) is 11.6 Å². The van der Waals surface area contributed by atoms with Crippen molar-refractivity contribution in [2.24, 2.45) is 0 Å². The van der Waals surface area contributed by atoms with Crippen LogP contribution in [0, 0.1) is 0 Å². The zero-order valence-corrected chi connectivity index (χ0v) is 24.9. The molecule has 5 rings (SSSR count). The first-order valence-electron chi connectivity index (χ1n) is 14.6. The van der Waals surface area contributed by atoms with Crippen LogP contribution in [0.15, 0.2) is 72.7 Å². The van der Waals surface area contributed by atoms with Crippen molar-refractivity contribution < 1.29 is 14.3 Å². The number of likely N-dealkylation sites (N-methyl/N-ethyl adjacent to an activating group) is 2. The van der Waals surface area contributed by atoms with Crippen LogP contribution in [0.5, 0.6) is 0 Å². The van der Waals surface area contributed by atoms with Crippen LogP contribution < -0.4 is 16.0 Å². The Bertz CT molecular complexity index is 1510. The molecule has 222 valence electrons. The highest BCUT2D eigenvalue weighted by molar-refractivity contribution is 5.97. The van der Waals surface area contributed by atoms with Crippen LogP contribution in [-0.4, -0.2) is 76.9 Å². The van der Waals surface area contributed by atoms with E-state index in [1.807, 2.05) is 19.1 Å². The van der Waals surface area contributed by atoms with Crippen LogP contribution in [0.1, 0.15) is 26.5 Å². The fraction of sp³-hybridized carbons (Fsp3) is 0.406. The van der Waals surface area contributed by atoms with Gasteiger partial charge in [-0.05, 0) is 50.8 Å². The molecule has 0 saturated heterocycles. The van der Waals surface area contributed by atoms with Gasteiger partial charge in [0, 0.05) is 56.0 Å². The van der Waals surface area contributed by atoms with Gasteiger partial charge in [-0.1, -0.05) is 31.7 Å². The second-order valence-electron chi connectivity index (χ2n) is 10.6. The van der Waals surface area contributed by atoms with E-state index in [1.54, 1.807) is 13.3 Å². The highest BCUT2D eigenvalue weighted by Crippen LogP contribution is 2.37. The number of methoxy groups -OCH3 is 1. The Morgan fingerprint density at radius 1 is 1.31 bits per heavy atom. The lowest BCUT2D eigenvalue weighted by Crippen LogP contribution is -2.49. The summed E-state index contributed by atoms with van der Waals surface area (Å²) >= 11 is 0. The van der Waals surface area contributed by atoms with E-state index in [0.717, 1.165) is 60.8 Å². The fourth-order valence-electron chi connectivity index (χ4n) is 5.70. The van der Waals surface area contributed by atoms with Crippen LogP contribution in [0.3, 0.4) is 0 Å². The van der Waals surface area contributed by atoms with Gasteiger partial charge in [-0.25, -0.2) is 9.97 Å². The van der Waals surface area contributed by atoms with E-state index in [4.69, 9.17) is 14.5 Å². The molecule has 0 fully saturated rings. The van der Waals surface area contributed by atoms with Gasteiger partial charge >= 0.3 is 0 Å². The normalized spacial score (nSPS) is 20.0. The maximum atomic E-state index is 12.5. The van der Waals surface area contributed by atoms with Crippen LogP contribution in [0.2, 0.25) is 0 Å². The lowest BCUT2D eigenvalue weighted by molar-refractivity contribution is -0.115. The van der Waals surface area contributed by atoms with Gasteiger partial charge in [0.05, 0.1) is 42.0 Å². The van der Waals surface area contributed by atoms with E-state index in [0.29, 0.717) is 24.9 Å². The smallest absolute Gasteiger partial charge is 0.247 e. The molecule has 2 aliphatic rings. The first-order chi connectivity index (χ1) is 20.4. The Morgan fingerprint density at radius 3 is 2.90 bits per heavy atom. The van der Waals surface area contributed by atoms with Gasteiger partial charge in [0.1, 0.15) is 5.60 Å². The van der Waals surface area contributed by atoms with Gasteiger partial charge in [0.2, 0.25) is 11.9 Å². The van der Waals surface area contributed by atoms with Crippen LogP contribution in [0.25, 0.3) is 22.2 Å². The van der Waals surface area contributed by atoms with Gasteiger partial charge in [-0.15, -0.1) is 0 Å². The zero-order chi connectivity index (χ0) is 29.7. The Hall–Kier alpha value is -3.99. The van der Waals surface area contributed by atoms with Crippen molar-refractivity contribution in [2.75, 3.05) is 45.2 Å². The highest BCUT2D eigenvalue weighted by Gasteiger charge is 2.38. The standard InChI is InChI=1S/C32H41N7O3/c1-6-29(40)35-24-19-28(32(4,41-5)20-26(24)38(8-3)16-15-33-7-2)37-31-34-14-13-23(36-31)30-22-11-9-10-12-25(22)39-17-18-42-21-27(30)39/h6,9-14,19-20,28,33H,1,7-8,15-18,21H2,2-5H3,(H,35,40)(H,34,36,37). The first-order valence-corrected chi connectivity index (χ1v) is 14.6. The predicted octanol–water partition coefficient (Wildman–Crippen LogP) is 3.83. The summed E-state index contributed by atoms with van der Waals surface area (Å²) in [7, 11) is 1.69. The second-order valence-corrected chi connectivity index (χ2v) is 10.6. The molecule has 2 aromatic heterocycles. The van der Waals surface area contributed by atoms with Crippen molar-refractivity contribution in [2.45, 2.75) is 45.6 Å². The van der Waals surface area contributed by atoms with Gasteiger partial charge in [-0.3, -0.25) is 4.79 Å². The number of carbonyl (C=O) groups excluding carboxylic acids is 1. The van der Waals surface area contributed by atoms with Crippen LogP contribution >= 0.6 is 0 Å². The number of amides is 1. The molecule has 3 heterocycles.